The largest absolute Gasteiger partial charge is 0.385 e. The number of nitrogens with one attached hydrogen (secondary N) is 1. The minimum absolute atomic E-state index is 0.104. The van der Waals surface area contributed by atoms with Gasteiger partial charge in [0, 0.05) is 24.3 Å². The molecule has 1 aliphatic rings. The van der Waals surface area contributed by atoms with Gasteiger partial charge >= 0.3 is 0 Å². The first-order chi connectivity index (χ1) is 11.0. The van der Waals surface area contributed by atoms with Crippen LogP contribution < -0.4 is 0 Å². The zero-order chi connectivity index (χ0) is 16.4. The number of amides is 1. The van der Waals surface area contributed by atoms with Crippen LogP contribution in [0.4, 0.5) is 0 Å². The van der Waals surface area contributed by atoms with Crippen molar-refractivity contribution in [1.82, 2.24) is 15.1 Å². The molecule has 3 rings (SSSR count). The van der Waals surface area contributed by atoms with Crippen molar-refractivity contribution in [1.29, 1.82) is 0 Å². The molecule has 122 valence electrons. The highest BCUT2D eigenvalue weighted by Crippen LogP contribution is 2.32. The van der Waals surface area contributed by atoms with E-state index in [-0.39, 0.29) is 5.91 Å². The van der Waals surface area contributed by atoms with Gasteiger partial charge in [0.05, 0.1) is 17.7 Å². The number of aromatic nitrogens is 2. The van der Waals surface area contributed by atoms with Crippen molar-refractivity contribution < 1.29 is 9.90 Å². The number of carbonyl (C=O) groups is 1. The molecule has 0 radical (unpaired) electrons. The summed E-state index contributed by atoms with van der Waals surface area (Å²) in [7, 11) is 0. The van der Waals surface area contributed by atoms with Crippen LogP contribution in [0.3, 0.4) is 0 Å². The molecule has 5 heteroatoms. The Balaban J connectivity index is 1.64. The van der Waals surface area contributed by atoms with Crippen LogP contribution in [0.2, 0.25) is 0 Å². The van der Waals surface area contributed by atoms with E-state index >= 15 is 0 Å². The molecule has 1 fully saturated rings. The fourth-order valence-corrected chi connectivity index (χ4v) is 3.26. The Morgan fingerprint density at radius 3 is 2.48 bits per heavy atom. The molecule has 23 heavy (non-hydrogen) atoms. The zero-order valence-electron chi connectivity index (χ0n) is 13.7. The first kappa shape index (κ1) is 15.7. The second-order valence-electron chi connectivity index (χ2n) is 6.37. The molecule has 0 bridgehead atoms. The molecular weight excluding hydrogens is 290 g/mol. The van der Waals surface area contributed by atoms with Gasteiger partial charge in [-0.15, -0.1) is 0 Å². The summed E-state index contributed by atoms with van der Waals surface area (Å²) < 4.78 is 0. The number of piperidine rings is 1. The van der Waals surface area contributed by atoms with Crippen molar-refractivity contribution in [3.8, 4) is 0 Å². The molecule has 0 spiro atoms. The van der Waals surface area contributed by atoms with Gasteiger partial charge in [-0.1, -0.05) is 30.3 Å². The molecule has 1 saturated heterocycles. The van der Waals surface area contributed by atoms with E-state index in [0.29, 0.717) is 32.4 Å². The average Bonchev–Trinajstić information content (AvgIpc) is 2.88. The average molecular weight is 313 g/mol. The second kappa shape index (κ2) is 6.16. The summed E-state index contributed by atoms with van der Waals surface area (Å²) in [5, 5.41) is 17.9. The van der Waals surface area contributed by atoms with Gasteiger partial charge in [-0.3, -0.25) is 9.89 Å². The van der Waals surface area contributed by atoms with Crippen molar-refractivity contribution in [2.45, 2.75) is 38.7 Å². The van der Waals surface area contributed by atoms with Crippen molar-refractivity contribution in [3.63, 3.8) is 0 Å². The number of hydrogen-bond donors (Lipinski definition) is 2. The lowest BCUT2D eigenvalue weighted by atomic mass is 9.84. The van der Waals surface area contributed by atoms with E-state index in [4.69, 9.17) is 0 Å². The molecule has 0 aliphatic carbocycles. The SMILES string of the molecule is Cc1n[nH]c(C)c1CC(=O)N1CCC(O)(c2ccccc2)CC1. The Labute approximate surface area is 136 Å². The summed E-state index contributed by atoms with van der Waals surface area (Å²) in [5.74, 6) is 0.104. The van der Waals surface area contributed by atoms with Crippen LogP contribution in [0, 0.1) is 13.8 Å². The van der Waals surface area contributed by atoms with Crippen molar-refractivity contribution in [2.75, 3.05) is 13.1 Å². The van der Waals surface area contributed by atoms with E-state index in [2.05, 4.69) is 10.2 Å². The number of benzene rings is 1. The van der Waals surface area contributed by atoms with Crippen LogP contribution in [0.25, 0.3) is 0 Å². The summed E-state index contributed by atoms with van der Waals surface area (Å²) >= 11 is 0. The second-order valence-corrected chi connectivity index (χ2v) is 6.37. The number of likely N-dealkylation sites (tertiary alicyclic amines) is 1. The highest BCUT2D eigenvalue weighted by molar-refractivity contribution is 5.79. The number of aliphatic hydroxyl groups is 1. The van der Waals surface area contributed by atoms with Crippen molar-refractivity contribution >= 4 is 5.91 Å². The molecule has 0 atom stereocenters. The summed E-state index contributed by atoms with van der Waals surface area (Å²) in [6.45, 7) is 5.02. The third-order valence-electron chi connectivity index (χ3n) is 4.86. The lowest BCUT2D eigenvalue weighted by Crippen LogP contribution is -2.45. The Morgan fingerprint density at radius 2 is 1.91 bits per heavy atom. The van der Waals surface area contributed by atoms with E-state index in [1.54, 1.807) is 0 Å². The number of H-pyrrole nitrogens is 1. The first-order valence-corrected chi connectivity index (χ1v) is 8.06. The predicted octanol–water partition coefficient (Wildman–Crippen LogP) is 2.08. The zero-order valence-corrected chi connectivity index (χ0v) is 13.7. The third-order valence-corrected chi connectivity index (χ3v) is 4.86. The van der Waals surface area contributed by atoms with E-state index in [1.807, 2.05) is 49.1 Å². The van der Waals surface area contributed by atoms with Gasteiger partial charge in [-0.05, 0) is 32.3 Å². The van der Waals surface area contributed by atoms with E-state index in [0.717, 1.165) is 22.5 Å². The monoisotopic (exact) mass is 313 g/mol. The maximum Gasteiger partial charge on any atom is 0.227 e. The Morgan fingerprint density at radius 1 is 1.26 bits per heavy atom. The van der Waals surface area contributed by atoms with Gasteiger partial charge in [0.1, 0.15) is 0 Å². The van der Waals surface area contributed by atoms with Gasteiger partial charge in [-0.2, -0.15) is 5.10 Å². The molecule has 1 amide bonds. The fraction of sp³-hybridized carbons (Fsp3) is 0.444. The Bertz CT molecular complexity index is 666. The van der Waals surface area contributed by atoms with E-state index < -0.39 is 5.60 Å². The van der Waals surface area contributed by atoms with Crippen molar-refractivity contribution in [2.24, 2.45) is 0 Å². The molecule has 1 aliphatic heterocycles. The quantitative estimate of drug-likeness (QED) is 0.911. The molecular formula is C18H23N3O2. The molecule has 1 aromatic carbocycles. The molecule has 2 heterocycles. The molecule has 2 N–H and O–H groups in total. The predicted molar refractivity (Wildman–Crippen MR) is 87.9 cm³/mol. The summed E-state index contributed by atoms with van der Waals surface area (Å²) in [5.41, 5.74) is 2.94. The molecule has 2 aromatic rings. The van der Waals surface area contributed by atoms with Gasteiger partial charge in [0.2, 0.25) is 5.91 Å². The van der Waals surface area contributed by atoms with Crippen LogP contribution in [0.15, 0.2) is 30.3 Å². The maximum atomic E-state index is 12.5. The highest BCUT2D eigenvalue weighted by Gasteiger charge is 2.35. The lowest BCUT2D eigenvalue weighted by Gasteiger charge is -2.38. The van der Waals surface area contributed by atoms with Gasteiger partial charge in [0.15, 0.2) is 0 Å². The number of nitrogens with zero attached hydrogens (tertiary/aromatic N) is 2. The minimum atomic E-state index is -0.820. The van der Waals surface area contributed by atoms with E-state index in [1.165, 1.54) is 0 Å². The summed E-state index contributed by atoms with van der Waals surface area (Å²) in [4.78, 5) is 14.4. The molecule has 0 saturated carbocycles. The minimum Gasteiger partial charge on any atom is -0.385 e. The normalized spacial score (nSPS) is 17.3. The molecule has 5 nitrogen and oxygen atoms in total. The van der Waals surface area contributed by atoms with Gasteiger partial charge in [0.25, 0.3) is 0 Å². The molecule has 1 aromatic heterocycles. The number of rotatable bonds is 3. The summed E-state index contributed by atoms with van der Waals surface area (Å²) in [6, 6.07) is 9.73. The first-order valence-electron chi connectivity index (χ1n) is 8.06. The number of hydrogen-bond acceptors (Lipinski definition) is 3. The van der Waals surface area contributed by atoms with Crippen LogP contribution in [-0.2, 0) is 16.8 Å². The standard InChI is InChI=1S/C18H23N3O2/c1-13-16(14(2)20-19-13)12-17(22)21-10-8-18(23,9-11-21)15-6-4-3-5-7-15/h3-7,23H,8-12H2,1-2H3,(H,19,20). The van der Waals surface area contributed by atoms with Crippen LogP contribution >= 0.6 is 0 Å². The number of aryl methyl sites for hydroxylation is 2. The lowest BCUT2D eigenvalue weighted by molar-refractivity contribution is -0.135. The smallest absolute Gasteiger partial charge is 0.227 e. The Kier molecular flexibility index (Phi) is 4.22. The third kappa shape index (κ3) is 3.15. The van der Waals surface area contributed by atoms with Crippen LogP contribution in [0.5, 0.6) is 0 Å². The number of carbonyl (C=O) groups excluding carboxylic acids is 1. The summed E-state index contributed by atoms with van der Waals surface area (Å²) in [6.07, 6.45) is 1.52. The maximum absolute atomic E-state index is 12.5. The van der Waals surface area contributed by atoms with Gasteiger partial charge < -0.3 is 10.0 Å². The number of aromatic amines is 1. The highest BCUT2D eigenvalue weighted by atomic mass is 16.3. The van der Waals surface area contributed by atoms with E-state index in [9.17, 15) is 9.90 Å². The van der Waals surface area contributed by atoms with Crippen LogP contribution in [-0.4, -0.2) is 39.2 Å². The van der Waals surface area contributed by atoms with Crippen molar-refractivity contribution in [3.05, 3.63) is 52.8 Å². The Hall–Kier alpha value is -2.14. The van der Waals surface area contributed by atoms with Crippen LogP contribution in [0.1, 0.15) is 35.4 Å². The molecule has 0 unspecified atom stereocenters. The van der Waals surface area contributed by atoms with Gasteiger partial charge in [-0.25, -0.2) is 0 Å². The fourth-order valence-electron chi connectivity index (χ4n) is 3.26. The topological polar surface area (TPSA) is 69.2 Å².